The topological polar surface area (TPSA) is 102 Å². The van der Waals surface area contributed by atoms with E-state index in [1.807, 2.05) is 6.92 Å². The Balaban J connectivity index is 2.03. The molecular formula is C15H17N5O2S. The average molecular weight is 331 g/mol. The number of likely N-dealkylation sites (tertiary alicyclic amines) is 1. The number of nitrogens with zero attached hydrogens (tertiary/aromatic N) is 4. The van der Waals surface area contributed by atoms with Gasteiger partial charge in [0.05, 0.1) is 5.51 Å². The number of hydrogen-bond acceptors (Lipinski definition) is 6. The number of aromatic nitrogens is 3. The van der Waals surface area contributed by atoms with E-state index < -0.39 is 11.4 Å². The Hall–Kier alpha value is -2.35. The fraction of sp³-hybridized carbons (Fsp3) is 0.400. The van der Waals surface area contributed by atoms with Crippen LogP contribution in [-0.2, 0) is 5.54 Å². The molecule has 0 radical (unpaired) electrons. The quantitative estimate of drug-likeness (QED) is 0.918. The summed E-state index contributed by atoms with van der Waals surface area (Å²) in [6.07, 6.45) is 1.57. The maximum Gasteiger partial charge on any atom is 0.274 e. The Labute approximate surface area is 137 Å². The number of carbonyl (C=O) groups excluding carboxylic acids is 2. The second-order valence-electron chi connectivity index (χ2n) is 5.79. The van der Waals surface area contributed by atoms with Gasteiger partial charge in [0.25, 0.3) is 11.8 Å². The molecule has 3 rings (SSSR count). The first-order valence-electron chi connectivity index (χ1n) is 7.28. The molecule has 8 heteroatoms. The summed E-state index contributed by atoms with van der Waals surface area (Å²) in [5.74, 6) is -0.292. The van der Waals surface area contributed by atoms with Gasteiger partial charge >= 0.3 is 0 Å². The smallest absolute Gasteiger partial charge is 0.274 e. The van der Waals surface area contributed by atoms with Gasteiger partial charge in [0.15, 0.2) is 5.82 Å². The molecule has 23 heavy (non-hydrogen) atoms. The minimum atomic E-state index is -0.670. The van der Waals surface area contributed by atoms with Gasteiger partial charge in [0.1, 0.15) is 16.9 Å². The van der Waals surface area contributed by atoms with Crippen molar-refractivity contribution in [3.05, 3.63) is 39.9 Å². The molecule has 120 valence electrons. The first kappa shape index (κ1) is 15.5. The van der Waals surface area contributed by atoms with Crippen molar-refractivity contribution in [3.8, 4) is 0 Å². The third-order valence-corrected chi connectivity index (χ3v) is 4.71. The van der Waals surface area contributed by atoms with Crippen molar-refractivity contribution >= 4 is 23.2 Å². The van der Waals surface area contributed by atoms with E-state index in [-0.39, 0.29) is 11.6 Å². The lowest BCUT2D eigenvalue weighted by atomic mass is 9.97. The fourth-order valence-electron chi connectivity index (χ4n) is 2.91. The van der Waals surface area contributed by atoms with E-state index in [1.54, 1.807) is 28.8 Å². The number of amides is 2. The molecule has 1 saturated heterocycles. The Bertz CT molecular complexity index is 761. The zero-order valence-corrected chi connectivity index (χ0v) is 13.8. The highest BCUT2D eigenvalue weighted by molar-refractivity contribution is 7.07. The Morgan fingerprint density at radius 2 is 2.13 bits per heavy atom. The minimum Gasteiger partial charge on any atom is -0.364 e. The maximum atomic E-state index is 12.7. The van der Waals surface area contributed by atoms with E-state index in [9.17, 15) is 9.59 Å². The summed E-state index contributed by atoms with van der Waals surface area (Å²) in [6.45, 7) is 4.31. The SMILES string of the molecule is Cc1cc(C(N)=O)nc(C2(C)CCCN2C(=O)c2cscn2)n1. The number of rotatable bonds is 3. The van der Waals surface area contributed by atoms with Crippen molar-refractivity contribution in [1.82, 2.24) is 19.9 Å². The molecule has 7 nitrogen and oxygen atoms in total. The molecule has 2 amide bonds. The van der Waals surface area contributed by atoms with Crippen LogP contribution >= 0.6 is 11.3 Å². The Morgan fingerprint density at radius 3 is 2.78 bits per heavy atom. The molecule has 2 aromatic rings. The first-order chi connectivity index (χ1) is 10.9. The fourth-order valence-corrected chi connectivity index (χ4v) is 3.44. The highest BCUT2D eigenvalue weighted by Crippen LogP contribution is 2.37. The number of carbonyl (C=O) groups is 2. The molecule has 1 aliphatic heterocycles. The highest BCUT2D eigenvalue weighted by atomic mass is 32.1. The van der Waals surface area contributed by atoms with Crippen LogP contribution in [0, 0.1) is 6.92 Å². The van der Waals surface area contributed by atoms with Gasteiger partial charge in [-0.05, 0) is 32.8 Å². The zero-order valence-electron chi connectivity index (χ0n) is 12.9. The highest BCUT2D eigenvalue weighted by Gasteiger charge is 2.44. The number of hydrogen-bond donors (Lipinski definition) is 1. The minimum absolute atomic E-state index is 0.142. The van der Waals surface area contributed by atoms with Crippen molar-refractivity contribution in [2.45, 2.75) is 32.2 Å². The first-order valence-corrected chi connectivity index (χ1v) is 8.22. The van der Waals surface area contributed by atoms with Crippen LogP contribution in [-0.4, -0.2) is 38.2 Å². The number of aryl methyl sites for hydroxylation is 1. The molecule has 1 fully saturated rings. The summed E-state index contributed by atoms with van der Waals surface area (Å²) in [6, 6.07) is 1.55. The summed E-state index contributed by atoms with van der Waals surface area (Å²) < 4.78 is 0. The molecule has 2 aromatic heterocycles. The monoisotopic (exact) mass is 331 g/mol. The van der Waals surface area contributed by atoms with Gasteiger partial charge in [0, 0.05) is 17.6 Å². The van der Waals surface area contributed by atoms with Crippen molar-refractivity contribution in [3.63, 3.8) is 0 Å². The number of nitrogens with two attached hydrogens (primary N) is 1. The van der Waals surface area contributed by atoms with Crippen molar-refractivity contribution in [2.75, 3.05) is 6.54 Å². The van der Waals surface area contributed by atoms with Gasteiger partial charge in [-0.3, -0.25) is 9.59 Å². The van der Waals surface area contributed by atoms with Crippen molar-refractivity contribution < 1.29 is 9.59 Å². The molecule has 0 aromatic carbocycles. The predicted molar refractivity (Wildman–Crippen MR) is 85.0 cm³/mol. The molecule has 1 unspecified atom stereocenters. The van der Waals surface area contributed by atoms with Crippen LogP contribution in [0.5, 0.6) is 0 Å². The third-order valence-electron chi connectivity index (χ3n) is 4.13. The van der Waals surface area contributed by atoms with E-state index in [0.717, 1.165) is 12.8 Å². The van der Waals surface area contributed by atoms with E-state index in [1.165, 1.54) is 11.3 Å². The van der Waals surface area contributed by atoms with Crippen molar-refractivity contribution in [1.29, 1.82) is 0 Å². The van der Waals surface area contributed by atoms with Crippen LogP contribution in [0.1, 0.15) is 52.3 Å². The lowest BCUT2D eigenvalue weighted by molar-refractivity contribution is 0.0598. The van der Waals surface area contributed by atoms with Crippen molar-refractivity contribution in [2.24, 2.45) is 5.73 Å². The van der Waals surface area contributed by atoms with Gasteiger partial charge in [-0.2, -0.15) is 0 Å². The van der Waals surface area contributed by atoms with Crippen LogP contribution in [0.15, 0.2) is 17.0 Å². The lowest BCUT2D eigenvalue weighted by Gasteiger charge is -2.33. The molecule has 1 aliphatic rings. The molecule has 0 spiro atoms. The molecular weight excluding hydrogens is 314 g/mol. The van der Waals surface area contributed by atoms with Gasteiger partial charge < -0.3 is 10.6 Å². The van der Waals surface area contributed by atoms with E-state index >= 15 is 0 Å². The van der Waals surface area contributed by atoms with Crippen LogP contribution in [0.25, 0.3) is 0 Å². The predicted octanol–water partition coefficient (Wildman–Crippen LogP) is 1.49. The summed E-state index contributed by atoms with van der Waals surface area (Å²) in [5, 5.41) is 1.73. The normalized spacial score (nSPS) is 20.7. The molecule has 3 heterocycles. The second-order valence-corrected chi connectivity index (χ2v) is 6.51. The van der Waals surface area contributed by atoms with Crippen LogP contribution in [0.2, 0.25) is 0 Å². The Morgan fingerprint density at radius 1 is 1.35 bits per heavy atom. The van der Waals surface area contributed by atoms with Gasteiger partial charge in [-0.1, -0.05) is 0 Å². The average Bonchev–Trinajstić information content (AvgIpc) is 3.16. The second kappa shape index (κ2) is 5.69. The summed E-state index contributed by atoms with van der Waals surface area (Å²) in [4.78, 5) is 38.8. The lowest BCUT2D eigenvalue weighted by Crippen LogP contribution is -2.44. The number of thiazole rings is 1. The van der Waals surface area contributed by atoms with Crippen LogP contribution in [0.4, 0.5) is 0 Å². The Kier molecular flexibility index (Phi) is 3.85. The number of primary amides is 1. The third kappa shape index (κ3) is 2.70. The molecule has 2 N–H and O–H groups in total. The summed E-state index contributed by atoms with van der Waals surface area (Å²) in [7, 11) is 0. The van der Waals surface area contributed by atoms with E-state index in [4.69, 9.17) is 5.73 Å². The standard InChI is InChI=1S/C15H17N5O2S/c1-9-6-10(12(16)21)19-14(18-9)15(2)4-3-5-20(15)13(22)11-7-23-8-17-11/h6-8H,3-5H2,1-2H3,(H2,16,21). The molecule has 0 aliphatic carbocycles. The van der Waals surface area contributed by atoms with Crippen LogP contribution in [0.3, 0.4) is 0 Å². The van der Waals surface area contributed by atoms with Gasteiger partial charge in [-0.15, -0.1) is 11.3 Å². The summed E-state index contributed by atoms with van der Waals surface area (Å²) in [5.41, 5.74) is 7.55. The summed E-state index contributed by atoms with van der Waals surface area (Å²) >= 11 is 1.38. The maximum absolute atomic E-state index is 12.7. The van der Waals surface area contributed by atoms with E-state index in [0.29, 0.717) is 23.8 Å². The van der Waals surface area contributed by atoms with Crippen LogP contribution < -0.4 is 5.73 Å². The molecule has 1 atom stereocenters. The van der Waals surface area contributed by atoms with Gasteiger partial charge in [0.2, 0.25) is 0 Å². The van der Waals surface area contributed by atoms with E-state index in [2.05, 4.69) is 15.0 Å². The largest absolute Gasteiger partial charge is 0.364 e. The zero-order chi connectivity index (χ0) is 16.6. The molecule has 0 bridgehead atoms. The van der Waals surface area contributed by atoms with Gasteiger partial charge in [-0.25, -0.2) is 15.0 Å². The molecule has 0 saturated carbocycles.